The number of likely N-dealkylation sites (tertiary alicyclic amines) is 1. The largest absolute Gasteiger partial charge is 0.386 e. The second-order valence-corrected chi connectivity index (χ2v) is 16.5. The molecule has 2 aliphatic heterocycles. The molecule has 16 heteroatoms. The first-order chi connectivity index (χ1) is 27.6. The number of carbonyl (C=O) groups excluding carboxylic acids is 3. The number of hydrogen-bond acceptors (Lipinski definition) is 9. The highest BCUT2D eigenvalue weighted by Crippen LogP contribution is 2.44. The molecule has 0 spiro atoms. The summed E-state index contributed by atoms with van der Waals surface area (Å²) in [6, 6.07) is 14.3. The van der Waals surface area contributed by atoms with Crippen LogP contribution in [-0.2, 0) is 22.2 Å². The van der Waals surface area contributed by atoms with E-state index in [-0.39, 0.29) is 42.6 Å². The van der Waals surface area contributed by atoms with Crippen LogP contribution in [0.4, 0.5) is 14.5 Å². The van der Waals surface area contributed by atoms with Crippen LogP contribution in [0, 0.1) is 17.2 Å². The van der Waals surface area contributed by atoms with E-state index in [0.717, 1.165) is 31.1 Å². The number of nitrogens with one attached hydrogen (secondary N) is 2. The lowest BCUT2D eigenvalue weighted by Gasteiger charge is -2.41. The smallest absolute Gasteiger partial charge is 0.329 e. The molecule has 58 heavy (non-hydrogen) atoms. The highest BCUT2D eigenvalue weighted by Gasteiger charge is 2.47. The maximum absolute atomic E-state index is 16.2. The number of imide groups is 1. The fourth-order valence-electron chi connectivity index (χ4n) is 9.18. The number of amides is 3. The first-order valence-corrected chi connectivity index (χ1v) is 19.7. The third kappa shape index (κ3) is 7.28. The number of halogens is 2. The van der Waals surface area contributed by atoms with Crippen molar-refractivity contribution in [3.05, 3.63) is 87.7 Å². The molecule has 3 fully saturated rings. The number of fused-ring (bicyclic) bond motifs is 2. The summed E-state index contributed by atoms with van der Waals surface area (Å²) in [5.74, 6) is -5.43. The van der Waals surface area contributed by atoms with Gasteiger partial charge in [0.05, 0.1) is 40.7 Å². The number of nitriles is 1. The molecule has 5 aromatic rings. The molecule has 3 aliphatic rings. The van der Waals surface area contributed by atoms with Crippen LogP contribution < -0.4 is 16.3 Å². The third-order valence-corrected chi connectivity index (χ3v) is 12.1. The Bertz CT molecular complexity index is 2560. The third-order valence-electron chi connectivity index (χ3n) is 12.1. The number of hydrogen-bond donors (Lipinski definition) is 3. The van der Waals surface area contributed by atoms with Gasteiger partial charge in [-0.25, -0.2) is 18.6 Å². The Morgan fingerprint density at radius 1 is 1.07 bits per heavy atom. The molecule has 5 heterocycles. The van der Waals surface area contributed by atoms with Gasteiger partial charge in [0.1, 0.15) is 23.5 Å². The van der Waals surface area contributed by atoms with Crippen molar-refractivity contribution in [1.82, 2.24) is 34.1 Å². The predicted molar refractivity (Wildman–Crippen MR) is 210 cm³/mol. The van der Waals surface area contributed by atoms with E-state index in [1.807, 2.05) is 21.8 Å². The predicted octanol–water partition coefficient (Wildman–Crippen LogP) is 5.27. The van der Waals surface area contributed by atoms with Crippen LogP contribution in [0.5, 0.6) is 0 Å². The summed E-state index contributed by atoms with van der Waals surface area (Å²) in [4.78, 5) is 57.0. The Morgan fingerprint density at radius 2 is 1.83 bits per heavy atom. The molecular weight excluding hydrogens is 749 g/mol. The van der Waals surface area contributed by atoms with Crippen molar-refractivity contribution in [2.24, 2.45) is 13.0 Å². The minimum Gasteiger partial charge on any atom is -0.386 e. The fraction of sp³-hybridized carbons (Fsp3) is 0.452. The number of pyridine rings is 1. The SMILES string of the molecule is Cn1c(=O)n(C2CCC(=O)NC2=O)c2cccc(C3CCN(CC4CCC(n5cc6cc(NC(=O)c7cccc(C#N)n7)c(C(C)(C)O)cc6n5)CC4)CC3(F)F)c21. The lowest BCUT2D eigenvalue weighted by atomic mass is 9.83. The number of nitrogens with zero attached hydrogens (tertiary/aromatic N) is 7. The van der Waals surface area contributed by atoms with Crippen LogP contribution >= 0.6 is 0 Å². The number of benzene rings is 2. The lowest BCUT2D eigenvalue weighted by molar-refractivity contribution is -0.135. The van der Waals surface area contributed by atoms with Crippen molar-refractivity contribution in [1.29, 1.82) is 5.26 Å². The van der Waals surface area contributed by atoms with E-state index in [1.165, 1.54) is 28.3 Å². The maximum Gasteiger partial charge on any atom is 0.329 e. The molecule has 3 N–H and O–H groups in total. The Kier molecular flexibility index (Phi) is 10.0. The topological polar surface area (TPSA) is 180 Å². The summed E-state index contributed by atoms with van der Waals surface area (Å²) in [6.07, 6.45) is 5.70. The summed E-state index contributed by atoms with van der Waals surface area (Å²) >= 11 is 0. The zero-order chi connectivity index (χ0) is 41.1. The Balaban J connectivity index is 0.928. The van der Waals surface area contributed by atoms with E-state index in [2.05, 4.69) is 15.6 Å². The first kappa shape index (κ1) is 39.1. The minimum absolute atomic E-state index is 0.0753. The molecule has 3 aromatic heterocycles. The van der Waals surface area contributed by atoms with E-state index < -0.39 is 53.4 Å². The van der Waals surface area contributed by atoms with Crippen LogP contribution in [0.15, 0.2) is 59.5 Å². The zero-order valence-corrected chi connectivity index (χ0v) is 32.5. The summed E-state index contributed by atoms with van der Waals surface area (Å²) in [5, 5.41) is 31.0. The lowest BCUT2D eigenvalue weighted by Crippen LogP contribution is -2.49. The Labute approximate surface area is 332 Å². The number of anilines is 1. The quantitative estimate of drug-likeness (QED) is 0.177. The van der Waals surface area contributed by atoms with Gasteiger partial charge in [-0.05, 0) is 101 Å². The van der Waals surface area contributed by atoms with Crippen molar-refractivity contribution in [2.75, 3.05) is 25.0 Å². The van der Waals surface area contributed by atoms with Gasteiger partial charge in [-0.3, -0.25) is 38.4 Å². The average Bonchev–Trinajstić information content (AvgIpc) is 3.71. The standard InChI is InChI=1S/C42H45F2N9O5/c1-41(2,58)30-19-32-25(18-33(30)47-38(55)31-8-4-6-26(20-45)46-31)22-52(49-32)27-12-10-24(11-13-27)21-51-17-16-29(42(43,44)23-51)28-7-5-9-34-37(28)50(3)40(57)53(34)35-14-15-36(54)48-39(35)56/h4-9,18-19,22,24,27,29,35,58H,10-17,21,23H2,1-3H3,(H,47,55)(H,48,54,56). The van der Waals surface area contributed by atoms with Crippen molar-refractivity contribution >= 4 is 45.3 Å². The molecule has 1 aliphatic carbocycles. The number of alkyl halides is 2. The minimum atomic E-state index is -3.07. The van der Waals surface area contributed by atoms with E-state index in [0.29, 0.717) is 46.5 Å². The molecule has 0 bridgehead atoms. The highest BCUT2D eigenvalue weighted by molar-refractivity contribution is 6.04. The van der Waals surface area contributed by atoms with Gasteiger partial charge >= 0.3 is 5.69 Å². The maximum atomic E-state index is 16.2. The van der Waals surface area contributed by atoms with Crippen molar-refractivity contribution in [3.8, 4) is 6.07 Å². The van der Waals surface area contributed by atoms with E-state index in [9.17, 15) is 29.5 Å². The number of rotatable bonds is 8. The summed E-state index contributed by atoms with van der Waals surface area (Å²) < 4.78 is 37.0. The van der Waals surface area contributed by atoms with Gasteiger partial charge < -0.3 is 10.4 Å². The average molecular weight is 794 g/mol. The molecule has 302 valence electrons. The van der Waals surface area contributed by atoms with E-state index in [1.54, 1.807) is 50.2 Å². The van der Waals surface area contributed by atoms with Crippen molar-refractivity contribution < 1.29 is 28.3 Å². The molecule has 0 radical (unpaired) electrons. The van der Waals surface area contributed by atoms with Crippen LogP contribution in [0.2, 0.25) is 0 Å². The van der Waals surface area contributed by atoms with E-state index in [4.69, 9.17) is 5.10 Å². The number of piperidine rings is 2. The normalized spacial score (nSPS) is 22.8. The number of aliphatic hydroxyl groups is 1. The van der Waals surface area contributed by atoms with Crippen molar-refractivity contribution in [3.63, 3.8) is 0 Å². The molecule has 2 atom stereocenters. The molecule has 2 unspecified atom stereocenters. The van der Waals surface area contributed by atoms with Gasteiger partial charge in [-0.1, -0.05) is 18.2 Å². The Hall–Kier alpha value is -5.79. The van der Waals surface area contributed by atoms with Gasteiger partial charge in [0.15, 0.2) is 0 Å². The van der Waals surface area contributed by atoms with Gasteiger partial charge in [0.2, 0.25) is 11.8 Å². The number of aryl methyl sites for hydroxylation is 1. The molecule has 1 saturated carbocycles. The second kappa shape index (κ2) is 14.9. The van der Waals surface area contributed by atoms with E-state index >= 15 is 8.78 Å². The summed E-state index contributed by atoms with van der Waals surface area (Å²) in [7, 11) is 1.54. The van der Waals surface area contributed by atoms with Crippen LogP contribution in [-0.4, -0.2) is 77.2 Å². The molecular formula is C42H45F2N9O5. The Morgan fingerprint density at radius 3 is 2.53 bits per heavy atom. The highest BCUT2D eigenvalue weighted by atomic mass is 19.3. The molecule has 8 rings (SSSR count). The van der Waals surface area contributed by atoms with Gasteiger partial charge in [-0.2, -0.15) is 10.4 Å². The monoisotopic (exact) mass is 793 g/mol. The number of carbonyl (C=O) groups is 3. The second-order valence-electron chi connectivity index (χ2n) is 16.5. The van der Waals surface area contributed by atoms with Crippen molar-refractivity contribution in [2.45, 2.75) is 88.3 Å². The van der Waals surface area contributed by atoms with Crippen LogP contribution in [0.1, 0.15) is 104 Å². The van der Waals surface area contributed by atoms with Gasteiger partial charge in [-0.15, -0.1) is 0 Å². The zero-order valence-electron chi connectivity index (χ0n) is 32.5. The number of para-hydroxylation sites is 1. The van der Waals surface area contributed by atoms with Crippen LogP contribution in [0.25, 0.3) is 21.9 Å². The molecule has 2 aromatic carbocycles. The van der Waals surface area contributed by atoms with Crippen LogP contribution in [0.3, 0.4) is 0 Å². The summed E-state index contributed by atoms with van der Waals surface area (Å²) in [5.41, 5.74) is 1.12. The molecule has 14 nitrogen and oxygen atoms in total. The summed E-state index contributed by atoms with van der Waals surface area (Å²) in [6.45, 7) is 3.88. The first-order valence-electron chi connectivity index (χ1n) is 19.7. The number of imidazole rings is 1. The molecule has 2 saturated heterocycles. The molecule has 3 amide bonds. The van der Waals surface area contributed by atoms with Gasteiger partial charge in [0.25, 0.3) is 11.8 Å². The van der Waals surface area contributed by atoms with Gasteiger partial charge in [0, 0.05) is 42.8 Å². The fourth-order valence-corrected chi connectivity index (χ4v) is 9.18. The number of aromatic nitrogens is 5.